The number of carbonyl (C=O) groups is 2. The number of benzene rings is 2. The molecule has 1 aromatic heterocycles. The highest BCUT2D eigenvalue weighted by atomic mass is 16.5. The van der Waals surface area contributed by atoms with Crippen molar-refractivity contribution in [2.45, 2.75) is 26.3 Å². The summed E-state index contributed by atoms with van der Waals surface area (Å²) < 4.78 is 6.64. The number of rotatable bonds is 7. The number of amides is 2. The minimum absolute atomic E-state index is 0.307. The Balaban J connectivity index is 2.00. The number of carboxylic acids is 1. The van der Waals surface area contributed by atoms with Gasteiger partial charge in [-0.15, -0.1) is 0 Å². The number of aromatic nitrogens is 1. The summed E-state index contributed by atoms with van der Waals surface area (Å²) in [6.07, 6.45) is 0.949. The van der Waals surface area contributed by atoms with E-state index < -0.39 is 35.8 Å². The van der Waals surface area contributed by atoms with Gasteiger partial charge in [-0.2, -0.15) is 0 Å². The summed E-state index contributed by atoms with van der Waals surface area (Å²) in [6.45, 7) is 3.96. The zero-order valence-corrected chi connectivity index (χ0v) is 19.4. The van der Waals surface area contributed by atoms with Crippen molar-refractivity contribution in [3.63, 3.8) is 0 Å². The second-order valence-electron chi connectivity index (χ2n) is 8.00. The molecule has 0 unspecified atom stereocenters. The maximum atomic E-state index is 12.7. The number of carbonyl (C=O) groups excluding carboxylic acids is 1. The Bertz CT molecular complexity index is 1280. The Hall–Kier alpha value is -4.27. The summed E-state index contributed by atoms with van der Waals surface area (Å²) in [6, 6.07) is 10.7. The molecular weight excluding hydrogens is 438 g/mol. The molecule has 1 heterocycles. The van der Waals surface area contributed by atoms with E-state index >= 15 is 0 Å². The number of aromatic hydroxyl groups is 1. The first-order chi connectivity index (χ1) is 16.1. The minimum Gasteiger partial charge on any atom is -0.505 e. The highest BCUT2D eigenvalue weighted by Crippen LogP contribution is 2.33. The van der Waals surface area contributed by atoms with Crippen LogP contribution in [0.5, 0.6) is 11.5 Å². The average Bonchev–Trinajstić information content (AvgIpc) is 2.78. The highest BCUT2D eigenvalue weighted by molar-refractivity contribution is 5.91. The third-order valence-electron chi connectivity index (χ3n) is 5.51. The molecule has 3 rings (SSSR count). The average molecular weight is 466 g/mol. The van der Waals surface area contributed by atoms with Crippen molar-refractivity contribution in [3.8, 4) is 22.6 Å². The standard InChI is InChI=1S/C25H27N3O6/c1-14-6-5-7-15(2)22(14)17-10-16(11-18(12-17)34-4)19(13-21(30)31)26-25(33)27-23-20(29)8-9-28(3)24(23)32/h5-12,19,29H,13H2,1-4H3,(H,30,31)(H2,26,27,33)/t19-/m0/s1. The number of aliphatic carboxylic acids is 1. The third kappa shape index (κ3) is 5.37. The van der Waals surface area contributed by atoms with Gasteiger partial charge < -0.3 is 30.2 Å². The van der Waals surface area contributed by atoms with Crippen LogP contribution in [0.25, 0.3) is 11.1 Å². The molecule has 4 N–H and O–H groups in total. The van der Waals surface area contributed by atoms with E-state index in [2.05, 4.69) is 10.6 Å². The van der Waals surface area contributed by atoms with E-state index in [1.54, 1.807) is 6.07 Å². The van der Waals surface area contributed by atoms with Gasteiger partial charge in [0.25, 0.3) is 5.56 Å². The first-order valence-electron chi connectivity index (χ1n) is 10.5. The predicted octanol–water partition coefficient (Wildman–Crippen LogP) is 3.72. The fourth-order valence-corrected chi connectivity index (χ4v) is 3.83. The van der Waals surface area contributed by atoms with Crippen LogP contribution in [0.15, 0.2) is 53.5 Å². The molecule has 1 atom stereocenters. The van der Waals surface area contributed by atoms with Gasteiger partial charge in [-0.1, -0.05) is 18.2 Å². The largest absolute Gasteiger partial charge is 0.505 e. The number of hydrogen-bond donors (Lipinski definition) is 4. The number of nitrogens with one attached hydrogen (secondary N) is 2. The Morgan fingerprint density at radius 1 is 1.12 bits per heavy atom. The zero-order valence-electron chi connectivity index (χ0n) is 19.4. The molecule has 0 aliphatic carbocycles. The van der Waals surface area contributed by atoms with E-state index in [0.717, 1.165) is 22.3 Å². The summed E-state index contributed by atoms with van der Waals surface area (Å²) in [7, 11) is 2.98. The molecule has 2 amide bonds. The normalized spacial score (nSPS) is 11.5. The molecule has 0 bridgehead atoms. The number of carboxylic acid groups (broad SMARTS) is 1. The lowest BCUT2D eigenvalue weighted by Crippen LogP contribution is -2.36. The number of pyridine rings is 1. The second-order valence-corrected chi connectivity index (χ2v) is 8.00. The summed E-state index contributed by atoms with van der Waals surface area (Å²) in [5.41, 5.74) is 3.47. The number of nitrogens with zero attached hydrogens (tertiary/aromatic N) is 1. The second kappa shape index (κ2) is 10.1. The van der Waals surface area contributed by atoms with Gasteiger partial charge in [0.1, 0.15) is 11.5 Å². The molecule has 2 aromatic carbocycles. The van der Waals surface area contributed by atoms with E-state index in [9.17, 15) is 24.6 Å². The van der Waals surface area contributed by atoms with E-state index in [0.29, 0.717) is 11.3 Å². The monoisotopic (exact) mass is 465 g/mol. The van der Waals surface area contributed by atoms with Crippen LogP contribution in [0.4, 0.5) is 10.5 Å². The van der Waals surface area contributed by atoms with Crippen molar-refractivity contribution in [2.24, 2.45) is 7.05 Å². The van der Waals surface area contributed by atoms with Gasteiger partial charge in [0, 0.05) is 13.2 Å². The van der Waals surface area contributed by atoms with Crippen LogP contribution in [-0.4, -0.2) is 33.9 Å². The molecule has 0 saturated carbocycles. The van der Waals surface area contributed by atoms with E-state index in [-0.39, 0.29) is 5.69 Å². The fraction of sp³-hybridized carbons (Fsp3) is 0.240. The molecule has 0 saturated heterocycles. The molecule has 0 radical (unpaired) electrons. The molecule has 0 aliphatic heterocycles. The highest BCUT2D eigenvalue weighted by Gasteiger charge is 2.22. The first kappa shape index (κ1) is 24.4. The molecule has 178 valence electrons. The molecule has 0 aliphatic rings. The van der Waals surface area contributed by atoms with Crippen molar-refractivity contribution >= 4 is 17.7 Å². The van der Waals surface area contributed by atoms with Crippen LogP contribution in [0.2, 0.25) is 0 Å². The van der Waals surface area contributed by atoms with Crippen LogP contribution in [0.1, 0.15) is 29.2 Å². The molecule has 0 spiro atoms. The van der Waals surface area contributed by atoms with E-state index in [1.807, 2.05) is 44.2 Å². The summed E-state index contributed by atoms with van der Waals surface area (Å²) >= 11 is 0. The first-order valence-corrected chi connectivity index (χ1v) is 10.5. The molecule has 9 nitrogen and oxygen atoms in total. The predicted molar refractivity (Wildman–Crippen MR) is 128 cm³/mol. The number of anilines is 1. The maximum Gasteiger partial charge on any atom is 0.319 e. The number of ether oxygens (including phenoxy) is 1. The summed E-state index contributed by atoms with van der Waals surface area (Å²) in [5.74, 6) is -1.02. The number of hydrogen-bond acceptors (Lipinski definition) is 5. The lowest BCUT2D eigenvalue weighted by Gasteiger charge is -2.21. The van der Waals surface area contributed by atoms with Crippen LogP contribution in [-0.2, 0) is 11.8 Å². The van der Waals surface area contributed by atoms with Gasteiger partial charge in [-0.05, 0) is 65.9 Å². The number of methoxy groups -OCH3 is 1. The topological polar surface area (TPSA) is 130 Å². The Labute approximate surface area is 196 Å². The van der Waals surface area contributed by atoms with Gasteiger partial charge in [-0.25, -0.2) is 4.79 Å². The van der Waals surface area contributed by atoms with E-state index in [4.69, 9.17) is 4.74 Å². The van der Waals surface area contributed by atoms with Crippen LogP contribution >= 0.6 is 0 Å². The SMILES string of the molecule is COc1cc(-c2c(C)cccc2C)cc([C@H](CC(=O)O)NC(=O)Nc2c(O)ccn(C)c2=O)c1. The van der Waals surface area contributed by atoms with E-state index in [1.165, 1.54) is 31.0 Å². The maximum absolute atomic E-state index is 12.7. The smallest absolute Gasteiger partial charge is 0.319 e. The minimum atomic E-state index is -1.12. The molecule has 3 aromatic rings. The van der Waals surface area contributed by atoms with Gasteiger partial charge in [-0.3, -0.25) is 9.59 Å². The number of aryl methyl sites for hydroxylation is 3. The Morgan fingerprint density at radius 2 is 1.79 bits per heavy atom. The van der Waals surface area contributed by atoms with Gasteiger partial charge in [0.15, 0.2) is 5.69 Å². The van der Waals surface area contributed by atoms with Gasteiger partial charge in [0.05, 0.1) is 19.6 Å². The lowest BCUT2D eigenvalue weighted by molar-refractivity contribution is -0.137. The van der Waals surface area contributed by atoms with Gasteiger partial charge >= 0.3 is 12.0 Å². The Morgan fingerprint density at radius 3 is 2.41 bits per heavy atom. The molecular formula is C25H27N3O6. The van der Waals surface area contributed by atoms with Crippen molar-refractivity contribution < 1.29 is 24.5 Å². The van der Waals surface area contributed by atoms with Crippen LogP contribution < -0.4 is 20.9 Å². The van der Waals surface area contributed by atoms with Crippen molar-refractivity contribution in [1.82, 2.24) is 9.88 Å². The third-order valence-corrected chi connectivity index (χ3v) is 5.51. The van der Waals surface area contributed by atoms with Crippen molar-refractivity contribution in [1.29, 1.82) is 0 Å². The van der Waals surface area contributed by atoms with Crippen LogP contribution in [0.3, 0.4) is 0 Å². The summed E-state index contributed by atoms with van der Waals surface area (Å²) in [5, 5.41) is 24.4. The quantitative estimate of drug-likeness (QED) is 0.421. The Kier molecular flexibility index (Phi) is 7.25. The van der Waals surface area contributed by atoms with Crippen molar-refractivity contribution in [3.05, 3.63) is 75.7 Å². The van der Waals surface area contributed by atoms with Crippen molar-refractivity contribution in [2.75, 3.05) is 12.4 Å². The molecule has 0 fully saturated rings. The fourth-order valence-electron chi connectivity index (χ4n) is 3.83. The zero-order chi connectivity index (χ0) is 25.0. The lowest BCUT2D eigenvalue weighted by atomic mass is 9.92. The number of urea groups is 1. The molecule has 34 heavy (non-hydrogen) atoms. The molecule has 9 heteroatoms. The van der Waals surface area contributed by atoms with Gasteiger partial charge in [0.2, 0.25) is 0 Å². The summed E-state index contributed by atoms with van der Waals surface area (Å²) in [4.78, 5) is 36.6. The van der Waals surface area contributed by atoms with Crippen LogP contribution in [0, 0.1) is 13.8 Å².